The smallest absolute Gasteiger partial charge is 0.243 e. The normalized spacial score (nSPS) is 19.3. The molecule has 0 spiro atoms. The number of nitrogens with zero attached hydrogens (tertiary/aromatic N) is 1. The van der Waals surface area contributed by atoms with Gasteiger partial charge < -0.3 is 15.4 Å². The van der Waals surface area contributed by atoms with Gasteiger partial charge in [-0.1, -0.05) is 5.92 Å². The van der Waals surface area contributed by atoms with Crippen molar-refractivity contribution in [2.45, 2.75) is 25.3 Å². The van der Waals surface area contributed by atoms with Gasteiger partial charge in [0.15, 0.2) is 0 Å². The number of terminal acetylenes is 1. The topological polar surface area (TPSA) is 55.6 Å². The fraction of sp³-hybridized carbons (Fsp3) is 0.727. The van der Waals surface area contributed by atoms with Gasteiger partial charge in [-0.05, 0) is 19.8 Å². The van der Waals surface area contributed by atoms with Gasteiger partial charge in [-0.3, -0.25) is 4.79 Å². The molecule has 1 fully saturated rings. The maximum Gasteiger partial charge on any atom is 0.243 e. The maximum atomic E-state index is 12.1. The Morgan fingerprint density at radius 2 is 2.20 bits per heavy atom. The van der Waals surface area contributed by atoms with Crippen LogP contribution in [0.25, 0.3) is 0 Å². The summed E-state index contributed by atoms with van der Waals surface area (Å²) in [6, 6.07) is 0. The zero-order valence-corrected chi connectivity index (χ0v) is 9.16. The van der Waals surface area contributed by atoms with Crippen LogP contribution >= 0.6 is 0 Å². The van der Waals surface area contributed by atoms with Crippen molar-refractivity contribution in [1.29, 1.82) is 0 Å². The van der Waals surface area contributed by atoms with Gasteiger partial charge in [0.25, 0.3) is 0 Å². The largest absolute Gasteiger partial charge is 0.381 e. The molecular formula is C11H18N2O2. The molecule has 15 heavy (non-hydrogen) atoms. The van der Waals surface area contributed by atoms with Gasteiger partial charge >= 0.3 is 0 Å². The highest BCUT2D eigenvalue weighted by molar-refractivity contribution is 5.86. The lowest BCUT2D eigenvalue weighted by Crippen LogP contribution is -2.58. The van der Waals surface area contributed by atoms with E-state index in [-0.39, 0.29) is 5.91 Å². The van der Waals surface area contributed by atoms with Crippen LogP contribution in [-0.4, -0.2) is 42.6 Å². The first-order chi connectivity index (χ1) is 7.14. The summed E-state index contributed by atoms with van der Waals surface area (Å²) in [5.41, 5.74) is 5.30. The van der Waals surface area contributed by atoms with E-state index in [0.717, 1.165) is 0 Å². The summed E-state index contributed by atoms with van der Waals surface area (Å²) in [6.07, 6.45) is 6.36. The minimum absolute atomic E-state index is 0.0498. The molecule has 4 nitrogen and oxygen atoms in total. The molecule has 0 unspecified atom stereocenters. The Bertz CT molecular complexity index is 264. The van der Waals surface area contributed by atoms with E-state index in [2.05, 4.69) is 5.92 Å². The molecule has 0 radical (unpaired) electrons. The van der Waals surface area contributed by atoms with Crippen LogP contribution in [0.5, 0.6) is 0 Å². The van der Waals surface area contributed by atoms with Gasteiger partial charge in [0.2, 0.25) is 5.91 Å². The molecule has 1 amide bonds. The van der Waals surface area contributed by atoms with Gasteiger partial charge in [0.05, 0.1) is 12.1 Å². The number of likely N-dealkylation sites (N-methyl/N-ethyl adjacent to an activating group) is 1. The fourth-order valence-corrected chi connectivity index (χ4v) is 1.70. The Hall–Kier alpha value is -1.05. The number of ether oxygens (including phenoxy) is 1. The van der Waals surface area contributed by atoms with Crippen molar-refractivity contribution in [2.75, 3.05) is 26.3 Å². The number of carbonyl (C=O) groups is 1. The number of carbonyl (C=O) groups excluding carboxylic acids is 1. The van der Waals surface area contributed by atoms with Crippen LogP contribution in [0.3, 0.4) is 0 Å². The van der Waals surface area contributed by atoms with Crippen LogP contribution in [0.1, 0.15) is 19.8 Å². The second-order valence-corrected chi connectivity index (χ2v) is 3.79. The number of amides is 1. The highest BCUT2D eigenvalue weighted by Crippen LogP contribution is 2.20. The highest BCUT2D eigenvalue weighted by atomic mass is 16.5. The highest BCUT2D eigenvalue weighted by Gasteiger charge is 2.38. The third-order valence-electron chi connectivity index (χ3n) is 2.76. The molecule has 1 saturated heterocycles. The quantitative estimate of drug-likeness (QED) is 0.666. The van der Waals surface area contributed by atoms with Gasteiger partial charge in [-0.25, -0.2) is 0 Å². The maximum absolute atomic E-state index is 12.1. The van der Waals surface area contributed by atoms with E-state index in [1.54, 1.807) is 4.90 Å². The van der Waals surface area contributed by atoms with Crippen molar-refractivity contribution >= 4 is 5.91 Å². The summed E-state index contributed by atoms with van der Waals surface area (Å²) in [4.78, 5) is 13.7. The van der Waals surface area contributed by atoms with Gasteiger partial charge in [0, 0.05) is 19.8 Å². The van der Waals surface area contributed by atoms with E-state index in [4.69, 9.17) is 16.9 Å². The molecule has 0 saturated carbocycles. The molecule has 0 bridgehead atoms. The third-order valence-corrected chi connectivity index (χ3v) is 2.76. The molecule has 2 N–H and O–H groups in total. The monoisotopic (exact) mass is 210 g/mol. The second kappa shape index (κ2) is 5.15. The first kappa shape index (κ1) is 12.0. The lowest BCUT2D eigenvalue weighted by atomic mass is 9.89. The van der Waals surface area contributed by atoms with Crippen molar-refractivity contribution in [1.82, 2.24) is 4.90 Å². The number of nitrogens with two attached hydrogens (primary N) is 1. The van der Waals surface area contributed by atoms with Crippen LogP contribution in [-0.2, 0) is 9.53 Å². The second-order valence-electron chi connectivity index (χ2n) is 3.79. The molecule has 1 rings (SSSR count). The first-order valence-electron chi connectivity index (χ1n) is 5.23. The molecule has 0 aromatic carbocycles. The molecule has 1 heterocycles. The van der Waals surface area contributed by atoms with E-state index >= 15 is 0 Å². The van der Waals surface area contributed by atoms with Crippen molar-refractivity contribution in [3.05, 3.63) is 0 Å². The first-order valence-corrected chi connectivity index (χ1v) is 5.23. The summed E-state index contributed by atoms with van der Waals surface area (Å²) in [7, 11) is 0. The van der Waals surface area contributed by atoms with Gasteiger partial charge in [0.1, 0.15) is 0 Å². The van der Waals surface area contributed by atoms with Crippen molar-refractivity contribution < 1.29 is 9.53 Å². The molecule has 0 aromatic rings. The predicted octanol–water partition coefficient (Wildman–Crippen LogP) is -0.0240. The SMILES string of the molecule is C#CCN(CC)C(=O)C1(N)CCOCC1. The molecule has 0 atom stereocenters. The Morgan fingerprint density at radius 3 is 2.67 bits per heavy atom. The van der Waals surface area contributed by atoms with Crippen LogP contribution in [0, 0.1) is 12.3 Å². The van der Waals surface area contributed by atoms with Gasteiger partial charge in [-0.15, -0.1) is 6.42 Å². The predicted molar refractivity (Wildman–Crippen MR) is 58.1 cm³/mol. The Morgan fingerprint density at radius 1 is 1.60 bits per heavy atom. The standard InChI is InChI=1S/C11H18N2O2/c1-3-7-13(4-2)10(14)11(12)5-8-15-9-6-11/h1H,4-9,12H2,2H3. The number of hydrogen-bond donors (Lipinski definition) is 1. The molecular weight excluding hydrogens is 192 g/mol. The van der Waals surface area contributed by atoms with Gasteiger partial charge in [-0.2, -0.15) is 0 Å². The van der Waals surface area contributed by atoms with E-state index in [1.165, 1.54) is 0 Å². The summed E-state index contributed by atoms with van der Waals surface area (Å²) in [6.45, 7) is 3.93. The summed E-state index contributed by atoms with van der Waals surface area (Å²) in [5, 5.41) is 0. The van der Waals surface area contributed by atoms with E-state index in [0.29, 0.717) is 39.1 Å². The summed E-state index contributed by atoms with van der Waals surface area (Å²) < 4.78 is 5.20. The lowest BCUT2D eigenvalue weighted by Gasteiger charge is -2.35. The van der Waals surface area contributed by atoms with Crippen molar-refractivity contribution in [3.63, 3.8) is 0 Å². The van der Waals surface area contributed by atoms with Crippen molar-refractivity contribution in [2.24, 2.45) is 5.73 Å². The van der Waals surface area contributed by atoms with E-state index in [1.807, 2.05) is 6.92 Å². The molecule has 4 heteroatoms. The Kier molecular flexibility index (Phi) is 4.13. The number of rotatable bonds is 3. The van der Waals surface area contributed by atoms with Crippen LogP contribution < -0.4 is 5.73 Å². The van der Waals surface area contributed by atoms with E-state index < -0.39 is 5.54 Å². The Balaban J connectivity index is 2.68. The number of hydrogen-bond acceptors (Lipinski definition) is 3. The fourth-order valence-electron chi connectivity index (χ4n) is 1.70. The zero-order valence-electron chi connectivity index (χ0n) is 9.16. The van der Waals surface area contributed by atoms with Crippen LogP contribution in [0.15, 0.2) is 0 Å². The molecule has 1 aliphatic heterocycles. The molecule has 1 aliphatic rings. The summed E-state index contributed by atoms with van der Waals surface area (Å²) >= 11 is 0. The average Bonchev–Trinajstić information content (AvgIpc) is 2.26. The molecule has 0 aliphatic carbocycles. The Labute approximate surface area is 90.8 Å². The van der Waals surface area contributed by atoms with E-state index in [9.17, 15) is 4.79 Å². The lowest BCUT2D eigenvalue weighted by molar-refractivity contribution is -0.139. The minimum atomic E-state index is -0.773. The average molecular weight is 210 g/mol. The van der Waals surface area contributed by atoms with Crippen molar-refractivity contribution in [3.8, 4) is 12.3 Å². The molecule has 84 valence electrons. The van der Waals surface area contributed by atoms with Crippen LogP contribution in [0.2, 0.25) is 0 Å². The van der Waals surface area contributed by atoms with Crippen LogP contribution in [0.4, 0.5) is 0 Å². The summed E-state index contributed by atoms with van der Waals surface area (Å²) in [5.74, 6) is 2.42. The zero-order chi connectivity index (χ0) is 11.3. The third kappa shape index (κ3) is 2.71. The molecule has 0 aromatic heterocycles. The minimum Gasteiger partial charge on any atom is -0.381 e.